The monoisotopic (exact) mass is 483 g/mol. The molecule has 3 N–H and O–H groups in total. The molecule has 1 aromatic heterocycles. The second-order valence-electron chi connectivity index (χ2n) is 7.74. The van der Waals surface area contributed by atoms with Gasteiger partial charge < -0.3 is 20.5 Å². The zero-order valence-electron chi connectivity index (χ0n) is 18.9. The van der Waals surface area contributed by atoms with E-state index in [0.29, 0.717) is 17.5 Å². The van der Waals surface area contributed by atoms with Gasteiger partial charge in [-0.2, -0.15) is 0 Å². The van der Waals surface area contributed by atoms with Gasteiger partial charge in [-0.05, 0) is 55.3 Å². The Morgan fingerprint density at radius 2 is 1.51 bits per heavy atom. The zero-order valence-corrected chi connectivity index (χ0v) is 18.9. The summed E-state index contributed by atoms with van der Waals surface area (Å²) >= 11 is 0. The number of aromatic hydroxyl groups is 1. The molecule has 182 valence electrons. The van der Waals surface area contributed by atoms with Crippen molar-refractivity contribution in [3.05, 3.63) is 89.2 Å². The van der Waals surface area contributed by atoms with Crippen molar-refractivity contribution in [1.29, 1.82) is 0 Å². The number of anilines is 1. The van der Waals surface area contributed by atoms with Gasteiger partial charge in [0.25, 0.3) is 5.91 Å². The molecule has 0 bridgehead atoms. The standard InChI is InChI=1S/C25H23F2N3O5/c1-14(30-24(33)22-23(32)20(29-13-31)11-12-28-22)25(34)35-15(2)21(16-3-7-18(26)8-4-16)17-5-9-19(27)10-6-17/h3-15,21,32H,1-2H3,(H,30,33)(H,28,29,31)/t14-,15?/m0/s1. The minimum absolute atomic E-state index is 0.0227. The number of benzene rings is 2. The van der Waals surface area contributed by atoms with Crippen LogP contribution in [0.25, 0.3) is 0 Å². The van der Waals surface area contributed by atoms with Gasteiger partial charge in [0, 0.05) is 12.1 Å². The summed E-state index contributed by atoms with van der Waals surface area (Å²) < 4.78 is 32.5. The summed E-state index contributed by atoms with van der Waals surface area (Å²) in [6.45, 7) is 3.02. The highest BCUT2D eigenvalue weighted by Crippen LogP contribution is 2.31. The molecule has 0 radical (unpaired) electrons. The number of aromatic nitrogens is 1. The fourth-order valence-corrected chi connectivity index (χ4v) is 3.55. The lowest BCUT2D eigenvalue weighted by Crippen LogP contribution is -2.41. The number of rotatable bonds is 9. The van der Waals surface area contributed by atoms with Crippen LogP contribution in [0.3, 0.4) is 0 Å². The Balaban J connectivity index is 1.75. The number of amides is 2. The Morgan fingerprint density at radius 3 is 2.03 bits per heavy atom. The second-order valence-corrected chi connectivity index (χ2v) is 7.74. The smallest absolute Gasteiger partial charge is 0.328 e. The van der Waals surface area contributed by atoms with Crippen LogP contribution in [-0.2, 0) is 14.3 Å². The van der Waals surface area contributed by atoms with Crippen molar-refractivity contribution in [3.8, 4) is 5.75 Å². The maximum Gasteiger partial charge on any atom is 0.328 e. The van der Waals surface area contributed by atoms with Crippen molar-refractivity contribution < 1.29 is 33.0 Å². The van der Waals surface area contributed by atoms with E-state index in [-0.39, 0.29) is 11.4 Å². The van der Waals surface area contributed by atoms with E-state index in [2.05, 4.69) is 15.6 Å². The van der Waals surface area contributed by atoms with Gasteiger partial charge in [-0.3, -0.25) is 9.59 Å². The average Bonchev–Trinajstić information content (AvgIpc) is 2.83. The third-order valence-electron chi connectivity index (χ3n) is 5.28. The highest BCUT2D eigenvalue weighted by Gasteiger charge is 2.28. The van der Waals surface area contributed by atoms with Gasteiger partial charge in [0.05, 0.1) is 5.69 Å². The van der Waals surface area contributed by atoms with Crippen LogP contribution >= 0.6 is 0 Å². The van der Waals surface area contributed by atoms with Crippen LogP contribution in [0, 0.1) is 11.6 Å². The fraction of sp³-hybridized carbons (Fsp3) is 0.200. The lowest BCUT2D eigenvalue weighted by Gasteiger charge is -2.26. The normalized spacial score (nSPS) is 12.5. The minimum atomic E-state index is -1.13. The van der Waals surface area contributed by atoms with Crippen LogP contribution in [0.2, 0.25) is 0 Å². The van der Waals surface area contributed by atoms with Crippen molar-refractivity contribution >= 4 is 24.0 Å². The van der Waals surface area contributed by atoms with E-state index in [0.717, 1.165) is 0 Å². The third-order valence-corrected chi connectivity index (χ3v) is 5.28. The molecule has 0 fully saturated rings. The van der Waals surface area contributed by atoms with Crippen LogP contribution < -0.4 is 10.6 Å². The van der Waals surface area contributed by atoms with Crippen molar-refractivity contribution in [2.24, 2.45) is 0 Å². The topological polar surface area (TPSA) is 118 Å². The first-order chi connectivity index (χ1) is 16.7. The number of nitrogens with zero attached hydrogens (tertiary/aromatic N) is 1. The predicted octanol–water partition coefficient (Wildman–Crippen LogP) is 3.52. The van der Waals surface area contributed by atoms with Crippen molar-refractivity contribution in [3.63, 3.8) is 0 Å². The number of pyridine rings is 1. The van der Waals surface area contributed by atoms with E-state index < -0.39 is 47.3 Å². The molecule has 3 rings (SSSR count). The summed E-state index contributed by atoms with van der Waals surface area (Å²) in [5.41, 5.74) is 0.873. The maximum absolute atomic E-state index is 13.5. The number of esters is 1. The third kappa shape index (κ3) is 6.17. The molecule has 0 saturated heterocycles. The molecule has 0 aliphatic heterocycles. The Hall–Kier alpha value is -4.34. The summed E-state index contributed by atoms with van der Waals surface area (Å²) in [5.74, 6) is -3.60. The summed E-state index contributed by atoms with van der Waals surface area (Å²) in [5, 5.41) is 14.8. The molecule has 8 nitrogen and oxygen atoms in total. The van der Waals surface area contributed by atoms with Crippen LogP contribution in [-0.4, -0.2) is 40.5 Å². The molecule has 2 atom stereocenters. The first-order valence-electron chi connectivity index (χ1n) is 10.6. The molecule has 0 saturated carbocycles. The Bertz CT molecular complexity index is 1160. The maximum atomic E-state index is 13.5. The Labute approximate surface area is 200 Å². The molecule has 1 unspecified atom stereocenters. The minimum Gasteiger partial charge on any atom is -0.504 e. The molecule has 0 aliphatic rings. The van der Waals surface area contributed by atoms with Crippen molar-refractivity contribution in [2.75, 3.05) is 5.32 Å². The van der Waals surface area contributed by atoms with Crippen molar-refractivity contribution in [2.45, 2.75) is 31.9 Å². The Kier molecular flexibility index (Phi) is 8.08. The molecule has 0 spiro atoms. The van der Waals surface area contributed by atoms with E-state index in [1.165, 1.54) is 43.5 Å². The molecular weight excluding hydrogens is 460 g/mol. The van der Waals surface area contributed by atoms with Gasteiger partial charge in [0.15, 0.2) is 11.4 Å². The Morgan fingerprint density at radius 1 is 0.971 bits per heavy atom. The average molecular weight is 483 g/mol. The molecule has 0 aliphatic carbocycles. The zero-order chi connectivity index (χ0) is 25.5. The van der Waals surface area contributed by atoms with Gasteiger partial charge in [-0.25, -0.2) is 18.6 Å². The van der Waals surface area contributed by atoms with E-state index in [1.807, 2.05) is 0 Å². The number of carbonyl (C=O) groups excluding carboxylic acids is 3. The lowest BCUT2D eigenvalue weighted by atomic mass is 9.87. The summed E-state index contributed by atoms with van der Waals surface area (Å²) in [7, 11) is 0. The van der Waals surface area contributed by atoms with Gasteiger partial charge in [0.2, 0.25) is 6.41 Å². The fourth-order valence-electron chi connectivity index (χ4n) is 3.55. The number of halogens is 2. The molecule has 2 amide bonds. The quantitative estimate of drug-likeness (QED) is 0.317. The van der Waals surface area contributed by atoms with Gasteiger partial charge >= 0.3 is 5.97 Å². The van der Waals surface area contributed by atoms with Crippen molar-refractivity contribution in [1.82, 2.24) is 10.3 Å². The van der Waals surface area contributed by atoms with E-state index in [1.54, 1.807) is 31.2 Å². The molecule has 3 aromatic rings. The van der Waals surface area contributed by atoms with Gasteiger partial charge in [0.1, 0.15) is 23.8 Å². The molecule has 2 aromatic carbocycles. The van der Waals surface area contributed by atoms with Crippen LogP contribution in [0.15, 0.2) is 60.8 Å². The van der Waals surface area contributed by atoms with Crippen LogP contribution in [0.4, 0.5) is 14.5 Å². The number of hydrogen-bond acceptors (Lipinski definition) is 6. The first-order valence-corrected chi connectivity index (χ1v) is 10.6. The number of carbonyl (C=O) groups is 3. The predicted molar refractivity (Wildman–Crippen MR) is 123 cm³/mol. The largest absolute Gasteiger partial charge is 0.504 e. The molecule has 1 heterocycles. The van der Waals surface area contributed by atoms with Crippen LogP contribution in [0.5, 0.6) is 5.75 Å². The molecule has 10 heteroatoms. The van der Waals surface area contributed by atoms with Gasteiger partial charge in [-0.15, -0.1) is 0 Å². The highest BCUT2D eigenvalue weighted by atomic mass is 19.1. The SMILES string of the molecule is CC(OC(=O)[C@H](C)NC(=O)c1nccc(NC=O)c1O)C(c1ccc(F)cc1)c1ccc(F)cc1. The summed E-state index contributed by atoms with van der Waals surface area (Å²) in [6.07, 6.45) is 0.766. The lowest BCUT2D eigenvalue weighted by molar-refractivity contribution is -0.150. The summed E-state index contributed by atoms with van der Waals surface area (Å²) in [4.78, 5) is 39.7. The van der Waals surface area contributed by atoms with E-state index in [4.69, 9.17) is 4.74 Å². The highest BCUT2D eigenvalue weighted by molar-refractivity contribution is 5.99. The number of ether oxygens (including phenoxy) is 1. The summed E-state index contributed by atoms with van der Waals surface area (Å²) in [6, 6.07) is 11.5. The molecule has 35 heavy (non-hydrogen) atoms. The first kappa shape index (κ1) is 25.3. The van der Waals surface area contributed by atoms with E-state index >= 15 is 0 Å². The van der Waals surface area contributed by atoms with Crippen LogP contribution in [0.1, 0.15) is 41.4 Å². The van der Waals surface area contributed by atoms with E-state index in [9.17, 15) is 28.3 Å². The van der Waals surface area contributed by atoms with Gasteiger partial charge in [-0.1, -0.05) is 24.3 Å². The number of hydrogen-bond donors (Lipinski definition) is 3. The molecular formula is C25H23F2N3O5. The second kappa shape index (κ2) is 11.2. The number of nitrogens with one attached hydrogen (secondary N) is 2.